The van der Waals surface area contributed by atoms with Gasteiger partial charge in [0.15, 0.2) is 0 Å². The summed E-state index contributed by atoms with van der Waals surface area (Å²) in [7, 11) is -2.71. The molecule has 32 heavy (non-hydrogen) atoms. The Morgan fingerprint density at radius 2 is 1.31 bits per heavy atom. The topological polar surface area (TPSA) is 49.7 Å². The minimum Gasteiger partial charge on any atom is -0.404 e. The molecule has 0 spiro atoms. The summed E-state index contributed by atoms with van der Waals surface area (Å²) in [5.41, 5.74) is -0.388. The van der Waals surface area contributed by atoms with Gasteiger partial charge in [0.1, 0.15) is 0 Å². The van der Waals surface area contributed by atoms with Crippen LogP contribution in [0.4, 0.5) is 0 Å². The zero-order chi connectivity index (χ0) is 24.0. The number of hydrogen-bond acceptors (Lipinski definition) is 4. The first-order chi connectivity index (χ1) is 14.9. The molecule has 2 N–H and O–H groups in total. The quantitative estimate of drug-likeness (QED) is 0.484. The van der Waals surface area contributed by atoms with Crippen LogP contribution in [0, 0.1) is 5.41 Å². The first-order valence-electron chi connectivity index (χ1n) is 11.6. The Morgan fingerprint density at radius 1 is 0.844 bits per heavy atom. The fourth-order valence-corrected chi connectivity index (χ4v) is 9.62. The van der Waals surface area contributed by atoms with Crippen LogP contribution in [0.2, 0.25) is 5.04 Å². The molecule has 2 unspecified atom stereocenters. The second-order valence-corrected chi connectivity index (χ2v) is 16.0. The summed E-state index contributed by atoms with van der Waals surface area (Å²) in [4.78, 5) is 0. The molecule has 3 atom stereocenters. The van der Waals surface area contributed by atoms with Crippen molar-refractivity contribution in [2.75, 3.05) is 12.0 Å². The van der Waals surface area contributed by atoms with Gasteiger partial charge in [0.2, 0.25) is 0 Å². The molecule has 5 heteroatoms. The Hall–Kier alpha value is -1.11. The monoisotopic (exact) mass is 474 g/mol. The van der Waals surface area contributed by atoms with Crippen LogP contribution >= 0.6 is 11.8 Å². The van der Waals surface area contributed by atoms with E-state index in [4.69, 9.17) is 4.43 Å². The van der Waals surface area contributed by atoms with Crippen molar-refractivity contribution in [2.45, 2.75) is 77.7 Å². The van der Waals surface area contributed by atoms with Crippen LogP contribution in [0.5, 0.6) is 0 Å². The number of benzene rings is 2. The largest absolute Gasteiger partial charge is 0.404 e. The zero-order valence-corrected chi connectivity index (χ0v) is 22.7. The SMILES string of the molecule is CSCC[C@@H](CC(O)C(O)C(C)(C)C)O[Si](c1ccccc1)(c1ccccc1)C(C)(C)C. The molecular weight excluding hydrogens is 432 g/mol. The van der Waals surface area contributed by atoms with E-state index in [2.05, 4.69) is 75.6 Å². The van der Waals surface area contributed by atoms with Gasteiger partial charge in [0.05, 0.1) is 12.2 Å². The standard InChI is InChI=1S/C27H42O3SSi/c1-26(2,3)25(29)24(28)20-21(18-19-31-7)30-32(27(4,5)6,22-14-10-8-11-15-22)23-16-12-9-13-17-23/h8-17,21,24-25,28-29H,18-20H2,1-7H3/t21-,24?,25?/m0/s1. The molecule has 0 aliphatic carbocycles. The molecule has 0 aliphatic heterocycles. The van der Waals surface area contributed by atoms with Crippen molar-refractivity contribution in [1.29, 1.82) is 0 Å². The van der Waals surface area contributed by atoms with Gasteiger partial charge in [-0.3, -0.25) is 0 Å². The number of hydrogen-bond donors (Lipinski definition) is 2. The first kappa shape index (κ1) is 27.1. The molecule has 0 radical (unpaired) electrons. The Kier molecular flexibility index (Phi) is 9.62. The Morgan fingerprint density at radius 3 is 1.69 bits per heavy atom. The van der Waals surface area contributed by atoms with E-state index in [-0.39, 0.29) is 16.6 Å². The number of aliphatic hydroxyl groups excluding tert-OH is 2. The van der Waals surface area contributed by atoms with Gasteiger partial charge in [-0.2, -0.15) is 11.8 Å². The normalized spacial score (nSPS) is 15.9. The fraction of sp³-hybridized carbons (Fsp3) is 0.556. The molecule has 0 heterocycles. The van der Waals surface area contributed by atoms with E-state index < -0.39 is 20.5 Å². The Labute approximate surface area is 200 Å². The van der Waals surface area contributed by atoms with Crippen molar-refractivity contribution in [1.82, 2.24) is 0 Å². The summed E-state index contributed by atoms with van der Waals surface area (Å²) in [6.07, 6.45) is 1.56. The number of aliphatic hydroxyl groups is 2. The minimum atomic E-state index is -2.71. The number of thioether (sulfide) groups is 1. The summed E-state index contributed by atoms with van der Waals surface area (Å²) < 4.78 is 7.26. The van der Waals surface area contributed by atoms with E-state index in [1.54, 1.807) is 11.8 Å². The average molecular weight is 475 g/mol. The molecule has 3 nitrogen and oxygen atoms in total. The van der Waals surface area contributed by atoms with Gasteiger partial charge >= 0.3 is 0 Å². The highest BCUT2D eigenvalue weighted by Crippen LogP contribution is 2.38. The third-order valence-corrected chi connectivity index (χ3v) is 11.9. The van der Waals surface area contributed by atoms with Gasteiger partial charge in [-0.25, -0.2) is 0 Å². The summed E-state index contributed by atoms with van der Waals surface area (Å²) >= 11 is 1.79. The predicted molar refractivity (Wildman–Crippen MR) is 142 cm³/mol. The maximum Gasteiger partial charge on any atom is 0.261 e. The molecule has 2 rings (SSSR count). The molecule has 0 fully saturated rings. The van der Waals surface area contributed by atoms with Gasteiger partial charge < -0.3 is 14.6 Å². The minimum absolute atomic E-state index is 0.124. The second kappa shape index (κ2) is 11.3. The molecule has 0 amide bonds. The van der Waals surface area contributed by atoms with Crippen molar-refractivity contribution >= 4 is 30.5 Å². The summed E-state index contributed by atoms with van der Waals surface area (Å²) in [6, 6.07) is 21.2. The molecule has 2 aromatic rings. The van der Waals surface area contributed by atoms with Crippen LogP contribution in [-0.2, 0) is 4.43 Å². The van der Waals surface area contributed by atoms with E-state index >= 15 is 0 Å². The van der Waals surface area contributed by atoms with E-state index in [0.29, 0.717) is 6.42 Å². The lowest BCUT2D eigenvalue weighted by Gasteiger charge is -2.46. The van der Waals surface area contributed by atoms with E-state index in [1.165, 1.54) is 10.4 Å². The smallest absolute Gasteiger partial charge is 0.261 e. The third kappa shape index (κ3) is 6.48. The van der Waals surface area contributed by atoms with Crippen molar-refractivity contribution in [2.24, 2.45) is 5.41 Å². The maximum absolute atomic E-state index is 10.9. The molecule has 0 aromatic heterocycles. The summed E-state index contributed by atoms with van der Waals surface area (Å²) in [5.74, 6) is 0.946. The first-order valence-corrected chi connectivity index (χ1v) is 14.9. The van der Waals surface area contributed by atoms with Crippen molar-refractivity contribution in [3.8, 4) is 0 Å². The van der Waals surface area contributed by atoms with Crippen molar-refractivity contribution < 1.29 is 14.6 Å². The summed E-state index contributed by atoms with van der Waals surface area (Å²) in [6.45, 7) is 12.7. The Bertz CT molecular complexity index is 760. The lowest BCUT2D eigenvalue weighted by molar-refractivity contribution is -0.0609. The van der Waals surface area contributed by atoms with Crippen LogP contribution in [0.25, 0.3) is 0 Å². The highest BCUT2D eigenvalue weighted by molar-refractivity contribution is 7.98. The van der Waals surface area contributed by atoms with Gasteiger partial charge in [-0.05, 0) is 39.3 Å². The van der Waals surface area contributed by atoms with Gasteiger partial charge in [-0.1, -0.05) is 102 Å². The van der Waals surface area contributed by atoms with Crippen LogP contribution < -0.4 is 10.4 Å². The van der Waals surface area contributed by atoms with Crippen LogP contribution in [0.15, 0.2) is 60.7 Å². The van der Waals surface area contributed by atoms with E-state index in [0.717, 1.165) is 12.2 Å². The van der Waals surface area contributed by atoms with Crippen molar-refractivity contribution in [3.05, 3.63) is 60.7 Å². The highest BCUT2D eigenvalue weighted by Gasteiger charge is 2.51. The fourth-order valence-electron chi connectivity index (χ4n) is 4.39. The van der Waals surface area contributed by atoms with Gasteiger partial charge in [0, 0.05) is 12.5 Å². The van der Waals surface area contributed by atoms with Crippen LogP contribution in [0.3, 0.4) is 0 Å². The Balaban J connectivity index is 2.55. The second-order valence-electron chi connectivity index (χ2n) is 10.8. The van der Waals surface area contributed by atoms with Gasteiger partial charge in [-0.15, -0.1) is 0 Å². The lowest BCUT2D eigenvalue weighted by Crippen LogP contribution is -2.68. The van der Waals surface area contributed by atoms with Crippen LogP contribution in [0.1, 0.15) is 54.4 Å². The van der Waals surface area contributed by atoms with Crippen LogP contribution in [-0.4, -0.2) is 48.9 Å². The molecule has 0 saturated carbocycles. The maximum atomic E-state index is 10.9. The molecule has 178 valence electrons. The van der Waals surface area contributed by atoms with E-state index in [1.807, 2.05) is 32.9 Å². The predicted octanol–water partition coefficient (Wildman–Crippen LogP) is 4.84. The average Bonchev–Trinajstić information content (AvgIpc) is 2.74. The third-order valence-electron chi connectivity index (χ3n) is 6.16. The molecule has 2 aromatic carbocycles. The highest BCUT2D eigenvalue weighted by atomic mass is 32.2. The zero-order valence-electron chi connectivity index (χ0n) is 20.8. The van der Waals surface area contributed by atoms with Gasteiger partial charge in [0.25, 0.3) is 8.32 Å². The lowest BCUT2D eigenvalue weighted by atomic mass is 9.84. The van der Waals surface area contributed by atoms with E-state index in [9.17, 15) is 10.2 Å². The number of rotatable bonds is 10. The molecule has 0 bridgehead atoms. The molecule has 0 aliphatic rings. The molecule has 0 saturated heterocycles. The van der Waals surface area contributed by atoms with Crippen molar-refractivity contribution in [3.63, 3.8) is 0 Å². The summed E-state index contributed by atoms with van der Waals surface area (Å²) in [5, 5.41) is 24.0. The molecular formula is C27H42O3SSi.